The van der Waals surface area contributed by atoms with E-state index in [1.54, 1.807) is 0 Å². The standard InChI is InChI=1S/C16H17N5O/c1-10-19-20-15(21(10)13-4-5-13)9-18-16(22)12-3-2-11-6-7-17-14(11)8-12/h2-3,6-8,13,17H,4-5,9H2,1H3,(H,18,22). The van der Waals surface area contributed by atoms with Gasteiger partial charge < -0.3 is 14.9 Å². The van der Waals surface area contributed by atoms with Crippen LogP contribution in [0, 0.1) is 6.92 Å². The Kier molecular flexibility index (Phi) is 2.96. The maximum atomic E-state index is 12.3. The van der Waals surface area contributed by atoms with Crippen LogP contribution in [0.4, 0.5) is 0 Å². The van der Waals surface area contributed by atoms with Gasteiger partial charge in [-0.3, -0.25) is 4.79 Å². The lowest BCUT2D eigenvalue weighted by Crippen LogP contribution is -2.24. The minimum atomic E-state index is -0.0977. The Morgan fingerprint density at radius 1 is 1.36 bits per heavy atom. The lowest BCUT2D eigenvalue weighted by atomic mass is 10.1. The molecule has 4 rings (SSSR count). The van der Waals surface area contributed by atoms with E-state index in [9.17, 15) is 4.79 Å². The Bertz CT molecular complexity index is 843. The first-order valence-corrected chi connectivity index (χ1v) is 7.48. The summed E-state index contributed by atoms with van der Waals surface area (Å²) >= 11 is 0. The SMILES string of the molecule is Cc1nnc(CNC(=O)c2ccc3cc[nH]c3c2)n1C1CC1. The summed E-state index contributed by atoms with van der Waals surface area (Å²) in [6.07, 6.45) is 4.21. The lowest BCUT2D eigenvalue weighted by molar-refractivity contribution is 0.0949. The van der Waals surface area contributed by atoms with Gasteiger partial charge in [0.2, 0.25) is 0 Å². The van der Waals surface area contributed by atoms with Crippen LogP contribution in [-0.2, 0) is 6.54 Å². The molecule has 0 unspecified atom stereocenters. The Labute approximate surface area is 127 Å². The number of hydrogen-bond acceptors (Lipinski definition) is 3. The normalized spacial score (nSPS) is 14.4. The highest BCUT2D eigenvalue weighted by atomic mass is 16.1. The van der Waals surface area contributed by atoms with Gasteiger partial charge in [-0.1, -0.05) is 6.07 Å². The topological polar surface area (TPSA) is 75.6 Å². The van der Waals surface area contributed by atoms with Gasteiger partial charge in [-0.25, -0.2) is 0 Å². The van der Waals surface area contributed by atoms with Gasteiger partial charge in [-0.05, 0) is 43.4 Å². The van der Waals surface area contributed by atoms with Crippen LogP contribution < -0.4 is 5.32 Å². The number of nitrogens with one attached hydrogen (secondary N) is 2. The number of aromatic amines is 1. The summed E-state index contributed by atoms with van der Waals surface area (Å²) in [6, 6.07) is 8.14. The van der Waals surface area contributed by atoms with Crippen LogP contribution in [0.1, 0.15) is 40.9 Å². The summed E-state index contributed by atoms with van der Waals surface area (Å²) in [4.78, 5) is 15.4. The molecule has 6 nitrogen and oxygen atoms in total. The number of nitrogens with zero attached hydrogens (tertiary/aromatic N) is 3. The average molecular weight is 295 g/mol. The molecule has 2 aromatic heterocycles. The van der Waals surface area contributed by atoms with Crippen LogP contribution in [0.25, 0.3) is 10.9 Å². The van der Waals surface area contributed by atoms with Crippen LogP contribution in [0.3, 0.4) is 0 Å². The number of aromatic nitrogens is 4. The summed E-state index contributed by atoms with van der Waals surface area (Å²) in [5, 5.41) is 12.3. The van der Waals surface area contributed by atoms with Crippen molar-refractivity contribution in [2.24, 2.45) is 0 Å². The van der Waals surface area contributed by atoms with E-state index in [1.165, 1.54) is 12.8 Å². The maximum absolute atomic E-state index is 12.3. The third-order valence-electron chi connectivity index (χ3n) is 4.07. The molecule has 0 bridgehead atoms. The Hall–Kier alpha value is -2.63. The second kappa shape index (κ2) is 4.98. The molecule has 0 radical (unpaired) electrons. The maximum Gasteiger partial charge on any atom is 0.251 e. The number of hydrogen-bond donors (Lipinski definition) is 2. The minimum absolute atomic E-state index is 0.0977. The van der Waals surface area contributed by atoms with Gasteiger partial charge in [0.1, 0.15) is 5.82 Å². The molecule has 0 atom stereocenters. The molecule has 0 saturated heterocycles. The van der Waals surface area contributed by atoms with Crippen LogP contribution in [-0.4, -0.2) is 25.7 Å². The summed E-state index contributed by atoms with van der Waals surface area (Å²) in [6.45, 7) is 2.36. The van der Waals surface area contributed by atoms with E-state index >= 15 is 0 Å². The molecular weight excluding hydrogens is 278 g/mol. The predicted molar refractivity (Wildman–Crippen MR) is 82.5 cm³/mol. The van der Waals surface area contributed by atoms with Crippen LogP contribution in [0.2, 0.25) is 0 Å². The van der Waals surface area contributed by atoms with E-state index in [2.05, 4.69) is 25.1 Å². The molecule has 6 heteroatoms. The number of benzene rings is 1. The summed E-state index contributed by atoms with van der Waals surface area (Å²) in [7, 11) is 0. The molecule has 1 aromatic carbocycles. The van der Waals surface area contributed by atoms with Gasteiger partial charge in [0.25, 0.3) is 5.91 Å². The van der Waals surface area contributed by atoms with Crippen molar-refractivity contribution < 1.29 is 4.79 Å². The zero-order chi connectivity index (χ0) is 15.1. The molecule has 1 amide bonds. The van der Waals surface area contributed by atoms with Crippen molar-refractivity contribution in [1.29, 1.82) is 0 Å². The molecule has 0 spiro atoms. The van der Waals surface area contributed by atoms with E-state index in [0.29, 0.717) is 18.2 Å². The average Bonchev–Trinajstić information content (AvgIpc) is 3.12. The van der Waals surface area contributed by atoms with Crippen molar-refractivity contribution in [3.8, 4) is 0 Å². The van der Waals surface area contributed by atoms with Gasteiger partial charge in [0, 0.05) is 23.3 Å². The lowest BCUT2D eigenvalue weighted by Gasteiger charge is -2.08. The van der Waals surface area contributed by atoms with Crippen molar-refractivity contribution in [2.75, 3.05) is 0 Å². The molecular formula is C16H17N5O. The number of H-pyrrole nitrogens is 1. The molecule has 22 heavy (non-hydrogen) atoms. The first kappa shape index (κ1) is 13.1. The predicted octanol–water partition coefficient (Wildman–Crippen LogP) is 2.33. The highest BCUT2D eigenvalue weighted by Crippen LogP contribution is 2.36. The van der Waals surface area contributed by atoms with Gasteiger partial charge >= 0.3 is 0 Å². The van der Waals surface area contributed by atoms with Crippen LogP contribution in [0.5, 0.6) is 0 Å². The Morgan fingerprint density at radius 3 is 3.05 bits per heavy atom. The molecule has 0 aliphatic heterocycles. The second-order valence-electron chi connectivity index (χ2n) is 5.73. The van der Waals surface area contributed by atoms with Gasteiger partial charge in [0.15, 0.2) is 5.82 Å². The highest BCUT2D eigenvalue weighted by molar-refractivity contribution is 5.97. The molecule has 2 heterocycles. The van der Waals surface area contributed by atoms with Gasteiger partial charge in [-0.2, -0.15) is 0 Å². The van der Waals surface area contributed by atoms with E-state index in [1.807, 2.05) is 37.4 Å². The van der Waals surface area contributed by atoms with Crippen LogP contribution >= 0.6 is 0 Å². The summed E-state index contributed by atoms with van der Waals surface area (Å²) in [5.41, 5.74) is 1.61. The first-order chi connectivity index (χ1) is 10.7. The summed E-state index contributed by atoms with van der Waals surface area (Å²) in [5.74, 6) is 1.65. The zero-order valence-electron chi connectivity index (χ0n) is 12.3. The Balaban J connectivity index is 1.50. The van der Waals surface area contributed by atoms with Crippen molar-refractivity contribution in [2.45, 2.75) is 32.4 Å². The monoisotopic (exact) mass is 295 g/mol. The van der Waals surface area contributed by atoms with E-state index < -0.39 is 0 Å². The van der Waals surface area contributed by atoms with Crippen molar-refractivity contribution in [3.63, 3.8) is 0 Å². The fraction of sp³-hybridized carbons (Fsp3) is 0.312. The van der Waals surface area contributed by atoms with E-state index in [4.69, 9.17) is 0 Å². The molecule has 1 aliphatic rings. The third kappa shape index (κ3) is 2.26. The minimum Gasteiger partial charge on any atom is -0.361 e. The van der Waals surface area contributed by atoms with Gasteiger partial charge in [0.05, 0.1) is 6.54 Å². The zero-order valence-corrected chi connectivity index (χ0v) is 12.3. The van der Waals surface area contributed by atoms with Crippen molar-refractivity contribution >= 4 is 16.8 Å². The Morgan fingerprint density at radius 2 is 2.23 bits per heavy atom. The third-order valence-corrected chi connectivity index (χ3v) is 4.07. The number of rotatable bonds is 4. The van der Waals surface area contributed by atoms with E-state index in [0.717, 1.165) is 22.6 Å². The quantitative estimate of drug-likeness (QED) is 0.775. The number of carbonyl (C=O) groups excluding carboxylic acids is 1. The smallest absolute Gasteiger partial charge is 0.251 e. The molecule has 1 aliphatic carbocycles. The molecule has 1 fully saturated rings. The summed E-state index contributed by atoms with van der Waals surface area (Å²) < 4.78 is 2.13. The fourth-order valence-electron chi connectivity index (χ4n) is 2.79. The second-order valence-corrected chi connectivity index (χ2v) is 5.73. The largest absolute Gasteiger partial charge is 0.361 e. The molecule has 112 valence electrons. The van der Waals surface area contributed by atoms with Crippen LogP contribution in [0.15, 0.2) is 30.5 Å². The molecule has 3 aromatic rings. The number of aryl methyl sites for hydroxylation is 1. The van der Waals surface area contributed by atoms with Crippen molar-refractivity contribution in [1.82, 2.24) is 25.1 Å². The van der Waals surface area contributed by atoms with Gasteiger partial charge in [-0.15, -0.1) is 10.2 Å². The van der Waals surface area contributed by atoms with Crippen molar-refractivity contribution in [3.05, 3.63) is 47.7 Å². The number of fused-ring (bicyclic) bond motifs is 1. The highest BCUT2D eigenvalue weighted by Gasteiger charge is 2.28. The number of amides is 1. The molecule has 1 saturated carbocycles. The first-order valence-electron chi connectivity index (χ1n) is 7.48. The fourth-order valence-corrected chi connectivity index (χ4v) is 2.79. The van der Waals surface area contributed by atoms with E-state index in [-0.39, 0.29) is 5.91 Å². The molecule has 2 N–H and O–H groups in total. The number of carbonyl (C=O) groups is 1.